The molecule has 2 fully saturated rings. The molecule has 1 N–H and O–H groups in total. The third-order valence-corrected chi connectivity index (χ3v) is 7.36. The molecule has 1 saturated carbocycles. The number of pyridine rings is 1. The van der Waals surface area contributed by atoms with E-state index in [1.807, 2.05) is 0 Å². The van der Waals surface area contributed by atoms with Gasteiger partial charge in [0.25, 0.3) is 0 Å². The normalized spacial score (nSPS) is 19.2. The first-order valence-corrected chi connectivity index (χ1v) is 12.1. The Balaban J connectivity index is 1.70. The zero-order chi connectivity index (χ0) is 22.3. The van der Waals surface area contributed by atoms with Crippen LogP contribution in [0.15, 0.2) is 18.2 Å². The molecule has 8 heteroatoms. The van der Waals surface area contributed by atoms with E-state index in [2.05, 4.69) is 19.9 Å². The minimum absolute atomic E-state index is 0.0155. The van der Waals surface area contributed by atoms with Crippen molar-refractivity contribution in [2.75, 3.05) is 13.1 Å². The van der Waals surface area contributed by atoms with E-state index in [-0.39, 0.29) is 17.0 Å². The van der Waals surface area contributed by atoms with Crippen molar-refractivity contribution in [3.8, 4) is 0 Å². The summed E-state index contributed by atoms with van der Waals surface area (Å²) < 4.78 is 44.3. The van der Waals surface area contributed by atoms with Gasteiger partial charge >= 0.3 is 6.18 Å². The van der Waals surface area contributed by atoms with Crippen molar-refractivity contribution in [1.82, 2.24) is 19.9 Å². The first kappa shape index (κ1) is 22.0. The number of nitrogens with one attached hydrogen (secondary N) is 1. The molecule has 0 amide bonds. The summed E-state index contributed by atoms with van der Waals surface area (Å²) in [5, 5.41) is 4.46. The van der Waals surface area contributed by atoms with Crippen molar-refractivity contribution in [2.24, 2.45) is 5.92 Å². The summed E-state index contributed by atoms with van der Waals surface area (Å²) in [4.78, 5) is 8.67. The molecule has 32 heavy (non-hydrogen) atoms. The van der Waals surface area contributed by atoms with Gasteiger partial charge in [0.2, 0.25) is 0 Å². The molecule has 2 aliphatic rings. The van der Waals surface area contributed by atoms with Gasteiger partial charge in [0.15, 0.2) is 5.69 Å². The van der Waals surface area contributed by atoms with Crippen molar-refractivity contribution < 1.29 is 13.2 Å². The topological polar surface area (TPSA) is 42.7 Å². The number of halogens is 4. The predicted molar refractivity (Wildman–Crippen MR) is 121 cm³/mol. The third kappa shape index (κ3) is 4.21. The minimum atomic E-state index is -4.58. The van der Waals surface area contributed by atoms with Crippen LogP contribution in [0.4, 0.5) is 13.2 Å². The molecule has 0 spiro atoms. The summed E-state index contributed by atoms with van der Waals surface area (Å²) in [6.45, 7) is 2.70. The van der Waals surface area contributed by atoms with Crippen LogP contribution in [0.5, 0.6) is 0 Å². The molecule has 0 unspecified atom stereocenters. The van der Waals surface area contributed by atoms with Crippen LogP contribution in [-0.4, -0.2) is 27.6 Å². The van der Waals surface area contributed by atoms with E-state index < -0.39 is 11.9 Å². The molecule has 0 radical (unpaired) electrons. The van der Waals surface area contributed by atoms with Gasteiger partial charge in [-0.3, -0.25) is 0 Å². The Bertz CT molecular complexity index is 1110. The van der Waals surface area contributed by atoms with Crippen molar-refractivity contribution in [3.63, 3.8) is 0 Å². The number of aromatic nitrogens is 3. The van der Waals surface area contributed by atoms with Crippen molar-refractivity contribution in [3.05, 3.63) is 34.7 Å². The molecule has 0 bridgehead atoms. The first-order chi connectivity index (χ1) is 15.4. The third-order valence-electron chi connectivity index (χ3n) is 7.13. The monoisotopic (exact) mass is 464 g/mol. The number of aryl methyl sites for hydroxylation is 1. The molecule has 5 rings (SSSR count). The number of benzene rings is 1. The highest BCUT2D eigenvalue weighted by Crippen LogP contribution is 2.41. The largest absolute Gasteiger partial charge is 0.435 e. The lowest BCUT2D eigenvalue weighted by Crippen LogP contribution is -2.28. The van der Waals surface area contributed by atoms with Gasteiger partial charge in [0, 0.05) is 22.9 Å². The summed E-state index contributed by atoms with van der Waals surface area (Å²) in [6, 6.07) is 5.04. The second-order valence-electron chi connectivity index (χ2n) is 9.26. The maximum Gasteiger partial charge on any atom is 0.435 e. The zero-order valence-electron chi connectivity index (χ0n) is 18.0. The van der Waals surface area contributed by atoms with Crippen molar-refractivity contribution >= 4 is 33.5 Å². The van der Waals surface area contributed by atoms with Crippen LogP contribution in [0, 0.1) is 5.92 Å². The summed E-state index contributed by atoms with van der Waals surface area (Å²) in [5.41, 5.74) is -0.0813. The Labute approximate surface area is 190 Å². The molecule has 1 aliphatic carbocycles. The van der Waals surface area contributed by atoms with Gasteiger partial charge in [-0.05, 0) is 69.3 Å². The number of nitrogens with zero attached hydrogens (tertiary/aromatic N) is 3. The van der Waals surface area contributed by atoms with Crippen molar-refractivity contribution in [1.29, 1.82) is 0 Å². The van der Waals surface area contributed by atoms with Crippen LogP contribution >= 0.6 is 11.6 Å². The van der Waals surface area contributed by atoms with Gasteiger partial charge in [-0.25, -0.2) is 9.97 Å². The zero-order valence-corrected chi connectivity index (χ0v) is 18.8. The average molecular weight is 465 g/mol. The van der Waals surface area contributed by atoms with Crippen molar-refractivity contribution in [2.45, 2.75) is 70.0 Å². The number of imidazole rings is 1. The molecule has 2 aromatic heterocycles. The fraction of sp³-hybridized carbons (Fsp3) is 0.583. The summed E-state index contributed by atoms with van der Waals surface area (Å²) in [7, 11) is 0. The Kier molecular flexibility index (Phi) is 6.05. The highest BCUT2D eigenvalue weighted by Gasteiger charge is 2.38. The van der Waals surface area contributed by atoms with E-state index in [0.29, 0.717) is 28.4 Å². The molecule has 0 atom stereocenters. The van der Waals surface area contributed by atoms with Crippen LogP contribution in [0.25, 0.3) is 21.9 Å². The van der Waals surface area contributed by atoms with Gasteiger partial charge in [-0.1, -0.05) is 30.9 Å². The molecule has 1 aromatic carbocycles. The maximum absolute atomic E-state index is 14.1. The van der Waals surface area contributed by atoms with Gasteiger partial charge in [0.05, 0.1) is 11.0 Å². The molecular formula is C24H28ClF3N4. The van der Waals surface area contributed by atoms with Gasteiger partial charge in [-0.15, -0.1) is 0 Å². The van der Waals surface area contributed by atoms with Crippen LogP contribution in [-0.2, 0) is 12.7 Å². The van der Waals surface area contributed by atoms with E-state index in [4.69, 9.17) is 11.6 Å². The maximum atomic E-state index is 14.1. The van der Waals surface area contributed by atoms with E-state index in [1.54, 1.807) is 12.1 Å². The Morgan fingerprint density at radius 2 is 1.78 bits per heavy atom. The fourth-order valence-electron chi connectivity index (χ4n) is 5.46. The molecule has 3 heterocycles. The molecular weight excluding hydrogens is 437 g/mol. The van der Waals surface area contributed by atoms with Crippen LogP contribution in [0.1, 0.15) is 68.8 Å². The van der Waals surface area contributed by atoms with Crippen LogP contribution < -0.4 is 5.32 Å². The smallest absolute Gasteiger partial charge is 0.327 e. The summed E-state index contributed by atoms with van der Waals surface area (Å²) in [6.07, 6.45) is 3.94. The van der Waals surface area contributed by atoms with E-state index in [9.17, 15) is 13.2 Å². The summed E-state index contributed by atoms with van der Waals surface area (Å²) >= 11 is 6.12. The van der Waals surface area contributed by atoms with E-state index >= 15 is 0 Å². The average Bonchev–Trinajstić information content (AvgIpc) is 3.17. The quantitative estimate of drug-likeness (QED) is 0.467. The highest BCUT2D eigenvalue weighted by atomic mass is 35.5. The molecule has 172 valence electrons. The van der Waals surface area contributed by atoms with Gasteiger partial charge in [-0.2, -0.15) is 13.2 Å². The fourth-order valence-corrected chi connectivity index (χ4v) is 5.62. The van der Waals surface area contributed by atoms with Crippen LogP contribution in [0.3, 0.4) is 0 Å². The lowest BCUT2D eigenvalue weighted by molar-refractivity contribution is -0.139. The lowest BCUT2D eigenvalue weighted by Gasteiger charge is -2.25. The minimum Gasteiger partial charge on any atom is -0.327 e. The van der Waals surface area contributed by atoms with Crippen LogP contribution in [0.2, 0.25) is 5.02 Å². The number of alkyl halides is 3. The number of hydrogen-bond acceptors (Lipinski definition) is 3. The Hall–Kier alpha value is -1.86. The second-order valence-corrected chi connectivity index (χ2v) is 9.69. The molecule has 1 saturated heterocycles. The SMILES string of the molecule is FC(F)(F)c1nc2cc(Cl)ccc2c2c1nc(C1CCCCC1)n2CCC1CCNCC1. The highest BCUT2D eigenvalue weighted by molar-refractivity contribution is 6.31. The van der Waals surface area contributed by atoms with E-state index in [0.717, 1.165) is 63.9 Å². The first-order valence-electron chi connectivity index (χ1n) is 11.7. The number of piperidine rings is 1. The lowest BCUT2D eigenvalue weighted by atomic mass is 9.88. The van der Waals surface area contributed by atoms with Gasteiger partial charge < -0.3 is 9.88 Å². The molecule has 3 aromatic rings. The number of fused-ring (bicyclic) bond motifs is 3. The number of rotatable bonds is 4. The second kappa shape index (κ2) is 8.82. The Morgan fingerprint density at radius 3 is 2.50 bits per heavy atom. The molecule has 1 aliphatic heterocycles. The molecule has 4 nitrogen and oxygen atoms in total. The van der Waals surface area contributed by atoms with E-state index in [1.165, 1.54) is 12.5 Å². The number of hydrogen-bond donors (Lipinski definition) is 1. The predicted octanol–water partition coefficient (Wildman–Crippen LogP) is 6.69. The van der Waals surface area contributed by atoms with Gasteiger partial charge in [0.1, 0.15) is 11.3 Å². The standard InChI is InChI=1S/C24H28ClF3N4/c25-17-6-7-18-19(14-17)30-22(24(26,27)28)20-21(18)32(13-10-15-8-11-29-12-9-15)23(31-20)16-4-2-1-3-5-16/h6-7,14-16,29H,1-5,8-13H2. The summed E-state index contributed by atoms with van der Waals surface area (Å²) in [5.74, 6) is 1.59. The Morgan fingerprint density at radius 1 is 1.03 bits per heavy atom.